The number of aryl methyl sites for hydroxylation is 1. The number of phenolic OH excluding ortho intramolecular Hbond substituents is 1. The molecular formula is C18H21N5O2. The van der Waals surface area contributed by atoms with E-state index in [4.69, 9.17) is 4.42 Å². The molecule has 0 spiro atoms. The van der Waals surface area contributed by atoms with Gasteiger partial charge >= 0.3 is 0 Å². The minimum absolute atomic E-state index is 0.139. The number of piperidine rings is 1. The molecule has 1 aliphatic heterocycles. The first-order valence-electron chi connectivity index (χ1n) is 8.48. The van der Waals surface area contributed by atoms with Crippen LogP contribution in [0.1, 0.15) is 18.5 Å². The van der Waals surface area contributed by atoms with Crippen LogP contribution in [0.4, 0.5) is 5.95 Å². The quantitative estimate of drug-likeness (QED) is 0.758. The largest absolute Gasteiger partial charge is 0.506 e. The van der Waals surface area contributed by atoms with E-state index in [1.807, 2.05) is 13.0 Å². The van der Waals surface area contributed by atoms with Crippen LogP contribution >= 0.6 is 0 Å². The Morgan fingerprint density at radius 2 is 2.16 bits per heavy atom. The molecule has 1 aromatic carbocycles. The standard InChI is InChI=1S/C18H21N5O2/c1-11-16(14-5-6-15-13(17(14)24)7-9-25-15)21-22-18(19-11)20-12-4-3-8-23(2)10-12/h5-7,9,12,24H,3-4,8,10H2,1-2H3,(H,19,20,22)/t12-/m1/s1. The highest BCUT2D eigenvalue weighted by Crippen LogP contribution is 2.36. The first kappa shape index (κ1) is 15.8. The van der Waals surface area contributed by atoms with Crippen molar-refractivity contribution in [2.24, 2.45) is 0 Å². The van der Waals surface area contributed by atoms with Crippen LogP contribution in [0.2, 0.25) is 0 Å². The molecule has 0 bridgehead atoms. The third-order valence-electron chi connectivity index (χ3n) is 4.68. The summed E-state index contributed by atoms with van der Waals surface area (Å²) in [5.41, 5.74) is 2.54. The summed E-state index contributed by atoms with van der Waals surface area (Å²) in [6, 6.07) is 5.67. The Hall–Kier alpha value is -2.67. The van der Waals surface area contributed by atoms with Gasteiger partial charge in [-0.2, -0.15) is 0 Å². The van der Waals surface area contributed by atoms with Crippen LogP contribution in [0.15, 0.2) is 28.9 Å². The zero-order valence-electron chi connectivity index (χ0n) is 14.4. The number of hydrogen-bond donors (Lipinski definition) is 2. The van der Waals surface area contributed by atoms with Gasteiger partial charge < -0.3 is 19.7 Å². The summed E-state index contributed by atoms with van der Waals surface area (Å²) in [5, 5.41) is 23.0. The number of rotatable bonds is 3. The van der Waals surface area contributed by atoms with E-state index in [1.54, 1.807) is 18.4 Å². The van der Waals surface area contributed by atoms with Crippen LogP contribution in [0, 0.1) is 6.92 Å². The molecule has 2 N–H and O–H groups in total. The highest BCUT2D eigenvalue weighted by molar-refractivity contribution is 5.91. The summed E-state index contributed by atoms with van der Waals surface area (Å²) in [7, 11) is 2.12. The Balaban J connectivity index is 1.61. The molecule has 7 heteroatoms. The molecule has 0 aliphatic carbocycles. The van der Waals surface area contributed by atoms with Gasteiger partial charge in [-0.05, 0) is 51.6 Å². The summed E-state index contributed by atoms with van der Waals surface area (Å²) >= 11 is 0. The summed E-state index contributed by atoms with van der Waals surface area (Å²) in [6.07, 6.45) is 3.82. The molecular weight excluding hydrogens is 318 g/mol. The smallest absolute Gasteiger partial charge is 0.243 e. The number of fused-ring (bicyclic) bond motifs is 1. The maximum atomic E-state index is 10.5. The van der Waals surface area contributed by atoms with Crippen molar-refractivity contribution in [3.63, 3.8) is 0 Å². The number of phenols is 1. The van der Waals surface area contributed by atoms with Gasteiger partial charge in [0.25, 0.3) is 0 Å². The van der Waals surface area contributed by atoms with E-state index >= 15 is 0 Å². The molecule has 0 radical (unpaired) electrons. The predicted octanol–water partition coefficient (Wildman–Crippen LogP) is 2.80. The van der Waals surface area contributed by atoms with E-state index in [1.165, 1.54) is 0 Å². The maximum absolute atomic E-state index is 10.5. The van der Waals surface area contributed by atoms with Crippen molar-refractivity contribution in [3.8, 4) is 17.0 Å². The Labute approximate surface area is 145 Å². The Kier molecular flexibility index (Phi) is 4.01. The topological polar surface area (TPSA) is 87.3 Å². The Bertz CT molecular complexity index is 908. The number of benzene rings is 1. The number of nitrogens with one attached hydrogen (secondary N) is 1. The average molecular weight is 339 g/mol. The van der Waals surface area contributed by atoms with Gasteiger partial charge in [0.05, 0.1) is 17.3 Å². The van der Waals surface area contributed by atoms with Crippen LogP contribution < -0.4 is 5.32 Å². The summed E-state index contributed by atoms with van der Waals surface area (Å²) in [6.45, 7) is 3.98. The molecule has 7 nitrogen and oxygen atoms in total. The van der Waals surface area contributed by atoms with Gasteiger partial charge in [-0.15, -0.1) is 10.2 Å². The summed E-state index contributed by atoms with van der Waals surface area (Å²) in [4.78, 5) is 6.84. The van der Waals surface area contributed by atoms with E-state index in [2.05, 4.69) is 32.4 Å². The molecule has 0 unspecified atom stereocenters. The van der Waals surface area contributed by atoms with Crippen LogP contribution in [-0.2, 0) is 0 Å². The molecule has 1 fully saturated rings. The van der Waals surface area contributed by atoms with E-state index < -0.39 is 0 Å². The second-order valence-corrected chi connectivity index (χ2v) is 6.61. The lowest BCUT2D eigenvalue weighted by Crippen LogP contribution is -2.40. The first-order chi connectivity index (χ1) is 12.1. The fourth-order valence-corrected chi connectivity index (χ4v) is 3.40. The molecule has 4 rings (SSSR count). The Morgan fingerprint density at radius 1 is 1.28 bits per heavy atom. The van der Waals surface area contributed by atoms with Crippen molar-refractivity contribution in [1.29, 1.82) is 0 Å². The van der Waals surface area contributed by atoms with Gasteiger partial charge in [-0.25, -0.2) is 4.98 Å². The van der Waals surface area contributed by atoms with Crippen LogP contribution in [-0.4, -0.2) is 51.4 Å². The predicted molar refractivity (Wildman–Crippen MR) is 95.6 cm³/mol. The number of likely N-dealkylation sites (tertiary alicyclic amines) is 1. The lowest BCUT2D eigenvalue weighted by Gasteiger charge is -2.30. The average Bonchev–Trinajstić information content (AvgIpc) is 3.06. The lowest BCUT2D eigenvalue weighted by molar-refractivity contribution is 0.260. The molecule has 1 atom stereocenters. The number of furan rings is 1. The van der Waals surface area contributed by atoms with E-state index in [0.29, 0.717) is 34.2 Å². The number of aromatic hydroxyl groups is 1. The highest BCUT2D eigenvalue weighted by atomic mass is 16.3. The van der Waals surface area contributed by atoms with Crippen molar-refractivity contribution in [2.75, 3.05) is 25.5 Å². The minimum atomic E-state index is 0.139. The van der Waals surface area contributed by atoms with Gasteiger partial charge in [0.2, 0.25) is 5.95 Å². The third-order valence-corrected chi connectivity index (χ3v) is 4.68. The van der Waals surface area contributed by atoms with Gasteiger partial charge in [0.15, 0.2) is 0 Å². The van der Waals surface area contributed by atoms with Gasteiger partial charge in [0, 0.05) is 18.2 Å². The van der Waals surface area contributed by atoms with Crippen LogP contribution in [0.3, 0.4) is 0 Å². The fourth-order valence-electron chi connectivity index (χ4n) is 3.40. The second-order valence-electron chi connectivity index (χ2n) is 6.61. The molecule has 1 saturated heterocycles. The summed E-state index contributed by atoms with van der Waals surface area (Å²) < 4.78 is 5.31. The van der Waals surface area contributed by atoms with Crippen LogP contribution in [0.5, 0.6) is 5.75 Å². The SMILES string of the molecule is Cc1nc(N[C@@H]2CCCN(C)C2)nnc1-c1ccc2occc2c1O. The molecule has 0 saturated carbocycles. The number of likely N-dealkylation sites (N-methyl/N-ethyl adjacent to an activating group) is 1. The monoisotopic (exact) mass is 339 g/mol. The second kappa shape index (κ2) is 6.33. The third kappa shape index (κ3) is 3.02. The Morgan fingerprint density at radius 3 is 2.96 bits per heavy atom. The first-order valence-corrected chi connectivity index (χ1v) is 8.48. The molecule has 2 aromatic heterocycles. The number of anilines is 1. The molecule has 1 aliphatic rings. The minimum Gasteiger partial charge on any atom is -0.506 e. The fraction of sp³-hybridized carbons (Fsp3) is 0.389. The zero-order chi connectivity index (χ0) is 17.4. The zero-order valence-corrected chi connectivity index (χ0v) is 14.4. The number of nitrogens with zero attached hydrogens (tertiary/aromatic N) is 4. The van der Waals surface area contributed by atoms with E-state index in [0.717, 1.165) is 31.6 Å². The maximum Gasteiger partial charge on any atom is 0.243 e. The van der Waals surface area contributed by atoms with Crippen molar-refractivity contribution in [3.05, 3.63) is 30.2 Å². The van der Waals surface area contributed by atoms with E-state index in [9.17, 15) is 5.11 Å². The van der Waals surface area contributed by atoms with Crippen molar-refractivity contribution < 1.29 is 9.52 Å². The highest BCUT2D eigenvalue weighted by Gasteiger charge is 2.19. The van der Waals surface area contributed by atoms with Gasteiger partial charge in [-0.3, -0.25) is 0 Å². The normalized spacial score (nSPS) is 18.6. The van der Waals surface area contributed by atoms with Crippen molar-refractivity contribution >= 4 is 16.9 Å². The molecule has 130 valence electrons. The molecule has 3 aromatic rings. The van der Waals surface area contributed by atoms with Gasteiger partial charge in [0.1, 0.15) is 17.0 Å². The number of hydrogen-bond acceptors (Lipinski definition) is 7. The molecule has 3 heterocycles. The van der Waals surface area contributed by atoms with E-state index in [-0.39, 0.29) is 5.75 Å². The molecule has 0 amide bonds. The van der Waals surface area contributed by atoms with Crippen LogP contribution in [0.25, 0.3) is 22.2 Å². The molecule has 25 heavy (non-hydrogen) atoms. The van der Waals surface area contributed by atoms with Crippen molar-refractivity contribution in [2.45, 2.75) is 25.8 Å². The van der Waals surface area contributed by atoms with Crippen molar-refractivity contribution in [1.82, 2.24) is 20.1 Å². The summed E-state index contributed by atoms with van der Waals surface area (Å²) in [5.74, 6) is 0.672. The number of aromatic nitrogens is 3. The van der Waals surface area contributed by atoms with Gasteiger partial charge in [-0.1, -0.05) is 0 Å². The lowest BCUT2D eigenvalue weighted by atomic mass is 10.1.